The van der Waals surface area contributed by atoms with E-state index in [-0.39, 0.29) is 24.5 Å². The number of hydrogen-bond acceptors (Lipinski definition) is 2. The second-order valence-corrected chi connectivity index (χ2v) is 2.92. The standard InChI is InChI=1S/C7H15N3O.ClH/c8-5-6-3-1-2-4-10(6)7(9)11;/h6H,1-5,8H2,(H2,9,11);1H. The Hall–Kier alpha value is -0.480. The van der Waals surface area contributed by atoms with Crippen molar-refractivity contribution >= 4 is 18.4 Å². The molecule has 0 saturated carbocycles. The maximum absolute atomic E-state index is 10.8. The minimum absolute atomic E-state index is 0. The molecule has 12 heavy (non-hydrogen) atoms. The molecule has 4 N–H and O–H groups in total. The van der Waals surface area contributed by atoms with E-state index in [2.05, 4.69) is 0 Å². The van der Waals surface area contributed by atoms with Gasteiger partial charge in [-0.25, -0.2) is 4.79 Å². The summed E-state index contributed by atoms with van der Waals surface area (Å²) in [6.07, 6.45) is 3.21. The molecule has 1 atom stereocenters. The molecule has 0 aromatic rings. The van der Waals surface area contributed by atoms with Gasteiger partial charge in [-0.2, -0.15) is 0 Å². The molecular weight excluding hydrogens is 178 g/mol. The normalized spacial score (nSPS) is 23.1. The third-order valence-corrected chi connectivity index (χ3v) is 2.18. The van der Waals surface area contributed by atoms with Crippen LogP contribution in [0.1, 0.15) is 19.3 Å². The number of urea groups is 1. The molecule has 1 heterocycles. The molecule has 1 aliphatic rings. The number of nitrogens with two attached hydrogens (primary N) is 2. The fourth-order valence-electron chi connectivity index (χ4n) is 1.54. The van der Waals surface area contributed by atoms with Gasteiger partial charge >= 0.3 is 6.03 Å². The number of piperidine rings is 1. The van der Waals surface area contributed by atoms with Crippen LogP contribution in [0.25, 0.3) is 0 Å². The molecule has 0 aromatic heterocycles. The number of hydrogen-bond donors (Lipinski definition) is 2. The third-order valence-electron chi connectivity index (χ3n) is 2.18. The Bertz CT molecular complexity index is 154. The van der Waals surface area contributed by atoms with Crippen molar-refractivity contribution in [2.24, 2.45) is 11.5 Å². The van der Waals surface area contributed by atoms with E-state index in [9.17, 15) is 4.79 Å². The van der Waals surface area contributed by atoms with Crippen molar-refractivity contribution in [3.63, 3.8) is 0 Å². The maximum Gasteiger partial charge on any atom is 0.315 e. The van der Waals surface area contributed by atoms with Crippen molar-refractivity contribution in [3.05, 3.63) is 0 Å². The highest BCUT2D eigenvalue weighted by atomic mass is 35.5. The van der Waals surface area contributed by atoms with Crippen LogP contribution in [0.3, 0.4) is 0 Å². The van der Waals surface area contributed by atoms with Crippen molar-refractivity contribution in [2.45, 2.75) is 25.3 Å². The molecule has 0 radical (unpaired) electrons. The molecule has 0 aromatic carbocycles. The number of halogens is 1. The van der Waals surface area contributed by atoms with E-state index in [1.807, 2.05) is 0 Å². The van der Waals surface area contributed by atoms with Gasteiger partial charge in [-0.1, -0.05) is 0 Å². The van der Waals surface area contributed by atoms with Gasteiger partial charge in [-0.3, -0.25) is 0 Å². The van der Waals surface area contributed by atoms with E-state index in [0.717, 1.165) is 25.8 Å². The molecule has 0 bridgehead atoms. The van der Waals surface area contributed by atoms with E-state index >= 15 is 0 Å². The summed E-state index contributed by atoms with van der Waals surface area (Å²) in [6, 6.07) is -0.151. The maximum atomic E-state index is 10.8. The van der Waals surface area contributed by atoms with Crippen LogP contribution < -0.4 is 11.5 Å². The molecule has 1 rings (SSSR count). The minimum Gasteiger partial charge on any atom is -0.351 e. The van der Waals surface area contributed by atoms with Crippen LogP contribution in [0.5, 0.6) is 0 Å². The number of amides is 2. The number of carbonyl (C=O) groups excluding carboxylic acids is 1. The van der Waals surface area contributed by atoms with Crippen molar-refractivity contribution in [1.82, 2.24) is 4.90 Å². The molecule has 0 aliphatic carbocycles. The molecule has 4 nitrogen and oxygen atoms in total. The molecule has 72 valence electrons. The molecule has 5 heteroatoms. The summed E-state index contributed by atoms with van der Waals surface area (Å²) in [4.78, 5) is 12.5. The Kier molecular flexibility index (Phi) is 5.01. The van der Waals surface area contributed by atoms with Gasteiger partial charge in [0.15, 0.2) is 0 Å². The number of primary amides is 1. The van der Waals surface area contributed by atoms with Gasteiger partial charge in [-0.15, -0.1) is 12.4 Å². The van der Waals surface area contributed by atoms with Gasteiger partial charge in [0.1, 0.15) is 0 Å². The van der Waals surface area contributed by atoms with Crippen LogP contribution in [-0.4, -0.2) is 30.1 Å². The summed E-state index contributed by atoms with van der Waals surface area (Å²) >= 11 is 0. The summed E-state index contributed by atoms with van der Waals surface area (Å²) in [7, 11) is 0. The third kappa shape index (κ3) is 2.53. The Morgan fingerprint density at radius 2 is 2.17 bits per heavy atom. The Balaban J connectivity index is 0.00000121. The lowest BCUT2D eigenvalue weighted by atomic mass is 10.0. The second-order valence-electron chi connectivity index (χ2n) is 2.92. The van der Waals surface area contributed by atoms with E-state index in [0.29, 0.717) is 6.54 Å². The summed E-state index contributed by atoms with van der Waals surface area (Å²) in [5.41, 5.74) is 10.6. The van der Waals surface area contributed by atoms with E-state index in [4.69, 9.17) is 11.5 Å². The van der Waals surface area contributed by atoms with E-state index in [1.165, 1.54) is 0 Å². The number of carbonyl (C=O) groups is 1. The highest BCUT2D eigenvalue weighted by Gasteiger charge is 2.23. The zero-order valence-electron chi connectivity index (χ0n) is 7.03. The molecule has 1 aliphatic heterocycles. The van der Waals surface area contributed by atoms with E-state index < -0.39 is 0 Å². The fourth-order valence-corrected chi connectivity index (χ4v) is 1.54. The topological polar surface area (TPSA) is 72.3 Å². The molecule has 1 unspecified atom stereocenters. The molecular formula is C7H16ClN3O. The summed E-state index contributed by atoms with van der Waals surface area (Å²) in [5, 5.41) is 0. The van der Waals surface area contributed by atoms with Gasteiger partial charge in [0.05, 0.1) is 0 Å². The molecule has 0 spiro atoms. The largest absolute Gasteiger partial charge is 0.351 e. The van der Waals surface area contributed by atoms with Crippen molar-refractivity contribution < 1.29 is 4.79 Å². The van der Waals surface area contributed by atoms with Crippen LogP contribution in [0, 0.1) is 0 Å². The summed E-state index contributed by atoms with van der Waals surface area (Å²) < 4.78 is 0. The molecule has 1 fully saturated rings. The predicted octanol–water partition coefficient (Wildman–Crippen LogP) is 0.300. The summed E-state index contributed by atoms with van der Waals surface area (Å²) in [6.45, 7) is 1.31. The van der Waals surface area contributed by atoms with Crippen LogP contribution in [-0.2, 0) is 0 Å². The van der Waals surface area contributed by atoms with Crippen LogP contribution in [0.4, 0.5) is 4.79 Å². The van der Waals surface area contributed by atoms with Gasteiger partial charge in [0.2, 0.25) is 0 Å². The second kappa shape index (κ2) is 5.22. The zero-order valence-corrected chi connectivity index (χ0v) is 7.85. The Morgan fingerprint density at radius 3 is 2.58 bits per heavy atom. The Morgan fingerprint density at radius 1 is 1.50 bits per heavy atom. The number of rotatable bonds is 1. The Labute approximate surface area is 78.7 Å². The highest BCUT2D eigenvalue weighted by molar-refractivity contribution is 5.85. The first-order valence-corrected chi connectivity index (χ1v) is 4.02. The van der Waals surface area contributed by atoms with Crippen molar-refractivity contribution in [2.75, 3.05) is 13.1 Å². The average molecular weight is 194 g/mol. The van der Waals surface area contributed by atoms with Gasteiger partial charge < -0.3 is 16.4 Å². The quantitative estimate of drug-likeness (QED) is 0.629. The van der Waals surface area contributed by atoms with Crippen LogP contribution >= 0.6 is 12.4 Å². The first-order valence-electron chi connectivity index (χ1n) is 4.02. The van der Waals surface area contributed by atoms with Crippen molar-refractivity contribution in [1.29, 1.82) is 0 Å². The van der Waals surface area contributed by atoms with Gasteiger partial charge in [-0.05, 0) is 19.3 Å². The number of nitrogens with zero attached hydrogens (tertiary/aromatic N) is 1. The smallest absolute Gasteiger partial charge is 0.315 e. The van der Waals surface area contributed by atoms with Gasteiger partial charge in [0.25, 0.3) is 0 Å². The summed E-state index contributed by atoms with van der Waals surface area (Å²) in [5.74, 6) is 0. The van der Waals surface area contributed by atoms with E-state index in [1.54, 1.807) is 4.90 Å². The zero-order chi connectivity index (χ0) is 8.27. The van der Waals surface area contributed by atoms with Crippen molar-refractivity contribution in [3.8, 4) is 0 Å². The SMILES string of the molecule is Cl.NCC1CCCCN1C(N)=O. The fraction of sp³-hybridized carbons (Fsp3) is 0.857. The highest BCUT2D eigenvalue weighted by Crippen LogP contribution is 2.14. The lowest BCUT2D eigenvalue weighted by Gasteiger charge is -2.33. The predicted molar refractivity (Wildman–Crippen MR) is 50.2 cm³/mol. The monoisotopic (exact) mass is 193 g/mol. The van der Waals surface area contributed by atoms with Gasteiger partial charge in [0, 0.05) is 19.1 Å². The number of likely N-dealkylation sites (tertiary alicyclic amines) is 1. The lowest BCUT2D eigenvalue weighted by Crippen LogP contribution is -2.49. The van der Waals surface area contributed by atoms with Crippen LogP contribution in [0.2, 0.25) is 0 Å². The molecule has 2 amide bonds. The first-order chi connectivity index (χ1) is 5.25. The first kappa shape index (κ1) is 11.5. The lowest BCUT2D eigenvalue weighted by molar-refractivity contribution is 0.162. The van der Waals surface area contributed by atoms with Crippen LogP contribution in [0.15, 0.2) is 0 Å². The minimum atomic E-state index is -0.333. The average Bonchev–Trinajstić information content (AvgIpc) is 2.04. The molecule has 1 saturated heterocycles.